The lowest BCUT2D eigenvalue weighted by Crippen LogP contribution is -1.95. The zero-order valence-electron chi connectivity index (χ0n) is 8.63. The third-order valence-electron chi connectivity index (χ3n) is 2.00. The van der Waals surface area contributed by atoms with E-state index in [0.29, 0.717) is 0 Å². The van der Waals surface area contributed by atoms with Crippen LogP contribution in [0.1, 0.15) is 25.3 Å². The van der Waals surface area contributed by atoms with Gasteiger partial charge in [0.05, 0.1) is 6.61 Å². The summed E-state index contributed by atoms with van der Waals surface area (Å²) in [5.41, 5.74) is 1.33. The third-order valence-corrected chi connectivity index (χ3v) is 2.26. The van der Waals surface area contributed by atoms with Crippen molar-refractivity contribution < 1.29 is 4.74 Å². The van der Waals surface area contributed by atoms with Gasteiger partial charge in [0.25, 0.3) is 0 Å². The van der Waals surface area contributed by atoms with E-state index in [-0.39, 0.29) is 0 Å². The Bertz CT molecular complexity index is 216. The quantitative estimate of drug-likeness (QED) is 0.655. The highest BCUT2D eigenvalue weighted by Gasteiger charge is 1.94. The fourth-order valence-electron chi connectivity index (χ4n) is 1.24. The molecule has 1 nitrogen and oxygen atoms in total. The molecule has 0 radical (unpaired) electrons. The zero-order valence-corrected chi connectivity index (χ0v) is 9.39. The number of aryl methyl sites for hydroxylation is 1. The van der Waals surface area contributed by atoms with E-state index in [1.807, 2.05) is 12.1 Å². The van der Waals surface area contributed by atoms with Crippen LogP contribution in [0.3, 0.4) is 0 Å². The molecule has 0 amide bonds. The lowest BCUT2D eigenvalue weighted by atomic mass is 10.1. The van der Waals surface area contributed by atoms with Gasteiger partial charge < -0.3 is 4.74 Å². The van der Waals surface area contributed by atoms with E-state index in [1.165, 1.54) is 5.56 Å². The Labute approximate surface area is 91.0 Å². The van der Waals surface area contributed by atoms with E-state index in [0.717, 1.165) is 37.5 Å². The molecule has 1 aromatic carbocycles. The molecule has 0 N–H and O–H groups in total. The smallest absolute Gasteiger partial charge is 0.119 e. The van der Waals surface area contributed by atoms with E-state index in [2.05, 4.69) is 19.1 Å². The summed E-state index contributed by atoms with van der Waals surface area (Å²) in [5.74, 6) is 1.69. The van der Waals surface area contributed by atoms with Crippen molar-refractivity contribution >= 4 is 11.6 Å². The van der Waals surface area contributed by atoms with Crippen LogP contribution in [0.15, 0.2) is 24.3 Å². The lowest BCUT2D eigenvalue weighted by Gasteiger charge is -2.05. The molecule has 0 fully saturated rings. The van der Waals surface area contributed by atoms with Crippen LogP contribution in [0, 0.1) is 0 Å². The largest absolute Gasteiger partial charge is 0.494 e. The summed E-state index contributed by atoms with van der Waals surface area (Å²) in [4.78, 5) is 0. The van der Waals surface area contributed by atoms with Gasteiger partial charge in [-0.25, -0.2) is 0 Å². The van der Waals surface area contributed by atoms with Gasteiger partial charge in [0.2, 0.25) is 0 Å². The number of halogens is 1. The molecule has 0 spiro atoms. The predicted molar refractivity (Wildman–Crippen MR) is 61.3 cm³/mol. The first-order chi connectivity index (χ1) is 6.86. The van der Waals surface area contributed by atoms with Crippen molar-refractivity contribution in [2.75, 3.05) is 12.5 Å². The van der Waals surface area contributed by atoms with Gasteiger partial charge in [0.15, 0.2) is 0 Å². The molecule has 14 heavy (non-hydrogen) atoms. The summed E-state index contributed by atoms with van der Waals surface area (Å²) in [6.07, 6.45) is 3.14. The monoisotopic (exact) mass is 212 g/mol. The second-order valence-electron chi connectivity index (χ2n) is 3.28. The van der Waals surface area contributed by atoms with Crippen LogP contribution in [0.4, 0.5) is 0 Å². The molecule has 0 bridgehead atoms. The summed E-state index contributed by atoms with van der Waals surface area (Å²) in [5, 5.41) is 0. The molecule has 0 unspecified atom stereocenters. The van der Waals surface area contributed by atoms with E-state index >= 15 is 0 Å². The Morgan fingerprint density at radius 1 is 1.21 bits per heavy atom. The van der Waals surface area contributed by atoms with Crippen LogP contribution in [0.25, 0.3) is 0 Å². The Balaban J connectivity index is 2.42. The number of benzene rings is 1. The summed E-state index contributed by atoms with van der Waals surface area (Å²) in [7, 11) is 0. The number of alkyl halides is 1. The lowest BCUT2D eigenvalue weighted by molar-refractivity contribution is 0.317. The molecule has 0 aromatic heterocycles. The minimum absolute atomic E-state index is 0.730. The highest BCUT2D eigenvalue weighted by molar-refractivity contribution is 6.17. The van der Waals surface area contributed by atoms with E-state index in [1.54, 1.807) is 0 Å². The number of ether oxygens (including phenoxy) is 1. The van der Waals surface area contributed by atoms with E-state index in [9.17, 15) is 0 Å². The average molecular weight is 213 g/mol. The second-order valence-corrected chi connectivity index (χ2v) is 3.66. The fraction of sp³-hybridized carbons (Fsp3) is 0.500. The topological polar surface area (TPSA) is 9.23 Å². The molecular weight excluding hydrogens is 196 g/mol. The van der Waals surface area contributed by atoms with Gasteiger partial charge in [0, 0.05) is 5.88 Å². The van der Waals surface area contributed by atoms with Crippen LogP contribution in [0.5, 0.6) is 5.75 Å². The van der Waals surface area contributed by atoms with Crippen LogP contribution >= 0.6 is 11.6 Å². The van der Waals surface area contributed by atoms with Gasteiger partial charge in [-0.05, 0) is 37.0 Å². The fourth-order valence-corrected chi connectivity index (χ4v) is 1.38. The van der Waals surface area contributed by atoms with E-state index < -0.39 is 0 Å². The Morgan fingerprint density at radius 3 is 2.50 bits per heavy atom. The normalized spacial score (nSPS) is 10.1. The molecule has 1 aromatic rings. The molecule has 0 aliphatic carbocycles. The number of rotatable bonds is 6. The van der Waals surface area contributed by atoms with Crippen molar-refractivity contribution in [1.82, 2.24) is 0 Å². The molecule has 0 heterocycles. The number of hydrogen-bond acceptors (Lipinski definition) is 1. The van der Waals surface area contributed by atoms with Crippen LogP contribution in [-0.4, -0.2) is 12.5 Å². The molecule has 78 valence electrons. The van der Waals surface area contributed by atoms with Crippen LogP contribution in [-0.2, 0) is 6.42 Å². The first-order valence-corrected chi connectivity index (χ1v) is 5.68. The molecule has 1 rings (SSSR count). The van der Waals surface area contributed by atoms with Gasteiger partial charge in [-0.15, -0.1) is 11.6 Å². The summed E-state index contributed by atoms with van der Waals surface area (Å²) in [6.45, 7) is 2.90. The number of hydrogen-bond donors (Lipinski definition) is 0. The van der Waals surface area contributed by atoms with Crippen LogP contribution < -0.4 is 4.74 Å². The van der Waals surface area contributed by atoms with Gasteiger partial charge >= 0.3 is 0 Å². The van der Waals surface area contributed by atoms with Crippen molar-refractivity contribution in [3.05, 3.63) is 29.8 Å². The zero-order chi connectivity index (χ0) is 10.2. The minimum Gasteiger partial charge on any atom is -0.494 e. The van der Waals surface area contributed by atoms with Gasteiger partial charge in [-0.3, -0.25) is 0 Å². The van der Waals surface area contributed by atoms with Crippen molar-refractivity contribution in [3.63, 3.8) is 0 Å². The highest BCUT2D eigenvalue weighted by Crippen LogP contribution is 2.13. The Morgan fingerprint density at radius 2 is 1.93 bits per heavy atom. The van der Waals surface area contributed by atoms with Crippen molar-refractivity contribution in [3.8, 4) is 5.75 Å². The molecule has 0 saturated heterocycles. The average Bonchev–Trinajstić information content (AvgIpc) is 2.25. The summed E-state index contributed by atoms with van der Waals surface area (Å²) < 4.78 is 5.49. The molecule has 0 aliphatic heterocycles. The maximum absolute atomic E-state index is 5.63. The Kier molecular flexibility index (Phi) is 5.46. The maximum atomic E-state index is 5.63. The molecule has 0 atom stereocenters. The summed E-state index contributed by atoms with van der Waals surface area (Å²) in [6, 6.07) is 8.27. The molecule has 0 saturated carbocycles. The van der Waals surface area contributed by atoms with E-state index in [4.69, 9.17) is 16.3 Å². The van der Waals surface area contributed by atoms with Crippen molar-refractivity contribution in [2.45, 2.75) is 26.2 Å². The maximum Gasteiger partial charge on any atom is 0.119 e. The van der Waals surface area contributed by atoms with Gasteiger partial charge in [-0.2, -0.15) is 0 Å². The highest BCUT2D eigenvalue weighted by atomic mass is 35.5. The standard InChI is InChI=1S/C12H17ClO/c1-2-10-14-12-7-5-11(6-8-12)4-3-9-13/h5-8H,2-4,9-10H2,1H3. The molecule has 2 heteroatoms. The van der Waals surface area contributed by atoms with Gasteiger partial charge in [-0.1, -0.05) is 19.1 Å². The first-order valence-electron chi connectivity index (χ1n) is 5.14. The summed E-state index contributed by atoms with van der Waals surface area (Å²) >= 11 is 5.63. The minimum atomic E-state index is 0.730. The first kappa shape index (κ1) is 11.4. The third kappa shape index (κ3) is 4.01. The van der Waals surface area contributed by atoms with Crippen molar-refractivity contribution in [1.29, 1.82) is 0 Å². The second kappa shape index (κ2) is 6.72. The predicted octanol–water partition coefficient (Wildman–Crippen LogP) is 3.65. The van der Waals surface area contributed by atoms with Gasteiger partial charge in [0.1, 0.15) is 5.75 Å². The Hall–Kier alpha value is -0.690. The molecule has 0 aliphatic rings. The van der Waals surface area contributed by atoms with Crippen LogP contribution in [0.2, 0.25) is 0 Å². The SMILES string of the molecule is CCCOc1ccc(CCCCl)cc1. The van der Waals surface area contributed by atoms with Crippen molar-refractivity contribution in [2.24, 2.45) is 0 Å². The molecular formula is C12H17ClO.